The minimum Gasteiger partial charge on any atom is -0.486 e. The molecule has 3 heterocycles. The minimum atomic E-state index is -0.993. The summed E-state index contributed by atoms with van der Waals surface area (Å²) in [7, 11) is 0. The van der Waals surface area contributed by atoms with Gasteiger partial charge < -0.3 is 29.9 Å². The largest absolute Gasteiger partial charge is 0.486 e. The van der Waals surface area contributed by atoms with E-state index in [1.807, 2.05) is 11.8 Å². The Morgan fingerprint density at radius 2 is 1.82 bits per heavy atom. The number of aromatic nitrogens is 2. The van der Waals surface area contributed by atoms with Gasteiger partial charge in [-0.3, -0.25) is 0 Å². The van der Waals surface area contributed by atoms with Gasteiger partial charge in [0.05, 0.1) is 24.1 Å². The molecular weight excluding hydrogens is 501 g/mol. The van der Waals surface area contributed by atoms with Crippen molar-refractivity contribution < 1.29 is 27.8 Å². The summed E-state index contributed by atoms with van der Waals surface area (Å²) in [4.78, 5) is 24.4. The van der Waals surface area contributed by atoms with Crippen LogP contribution in [0.3, 0.4) is 0 Å². The number of ether oxygens (including phenoxy) is 1. The lowest BCUT2D eigenvalue weighted by Gasteiger charge is -2.34. The number of piperazine rings is 1. The summed E-state index contributed by atoms with van der Waals surface area (Å²) < 4.78 is 50.1. The van der Waals surface area contributed by atoms with Gasteiger partial charge in [-0.15, -0.1) is 0 Å². The number of fused-ring (bicyclic) bond motifs is 1. The van der Waals surface area contributed by atoms with Gasteiger partial charge in [0.1, 0.15) is 18.1 Å². The van der Waals surface area contributed by atoms with Crippen molar-refractivity contribution in [3.05, 3.63) is 54.0 Å². The van der Waals surface area contributed by atoms with E-state index in [4.69, 9.17) is 9.84 Å². The average Bonchev–Trinajstić information content (AvgIpc) is 2.90. The molecular formula is C26H27F3N6O3. The van der Waals surface area contributed by atoms with Crippen molar-refractivity contribution >= 4 is 29.1 Å². The lowest BCUT2D eigenvalue weighted by Crippen LogP contribution is -2.48. The predicted molar refractivity (Wildman–Crippen MR) is 137 cm³/mol. The van der Waals surface area contributed by atoms with E-state index in [2.05, 4.69) is 15.3 Å². The number of hydrogen-bond acceptors (Lipinski definition) is 7. The standard InChI is InChI=1S/C26H27F3N6O3/c1-2-5-33-10-11-38-24-19(28)12-16(13-22(24)33)23-20(29)15-30-25(32-23)31-17-3-4-21(18(27)14-17)34-6-8-35(9-7-34)26(36)37/h3-4,12-15H,2,5-11H2,1H3,(H,36,37)(H,30,31,32). The van der Waals surface area contributed by atoms with Gasteiger partial charge in [0.2, 0.25) is 5.95 Å². The van der Waals surface area contributed by atoms with Crippen LogP contribution >= 0.6 is 0 Å². The first-order chi connectivity index (χ1) is 18.3. The minimum absolute atomic E-state index is 0.0171. The summed E-state index contributed by atoms with van der Waals surface area (Å²) in [5.41, 5.74) is 1.37. The highest BCUT2D eigenvalue weighted by Gasteiger charge is 2.25. The molecule has 2 N–H and O–H groups in total. The second kappa shape index (κ2) is 10.6. The molecule has 0 aliphatic carbocycles. The van der Waals surface area contributed by atoms with E-state index in [0.717, 1.165) is 12.6 Å². The predicted octanol–water partition coefficient (Wildman–Crippen LogP) is 4.71. The number of halogens is 3. The number of anilines is 4. The van der Waals surface area contributed by atoms with Crippen molar-refractivity contribution in [2.75, 3.05) is 61.0 Å². The Bertz CT molecular complexity index is 1350. The highest BCUT2D eigenvalue weighted by Crippen LogP contribution is 2.38. The molecule has 0 radical (unpaired) electrons. The fourth-order valence-corrected chi connectivity index (χ4v) is 4.71. The van der Waals surface area contributed by atoms with E-state index in [-0.39, 0.29) is 36.0 Å². The van der Waals surface area contributed by atoms with Gasteiger partial charge in [0, 0.05) is 44.0 Å². The topological polar surface area (TPSA) is 94.1 Å². The fourth-order valence-electron chi connectivity index (χ4n) is 4.71. The number of carboxylic acid groups (broad SMARTS) is 1. The smallest absolute Gasteiger partial charge is 0.407 e. The second-order valence-corrected chi connectivity index (χ2v) is 9.08. The number of carbonyl (C=O) groups is 1. The molecule has 5 rings (SSSR count). The normalized spacial score (nSPS) is 15.2. The Kier molecular flexibility index (Phi) is 7.12. The molecule has 2 aromatic carbocycles. The molecule has 0 unspecified atom stereocenters. The third-order valence-electron chi connectivity index (χ3n) is 6.58. The Morgan fingerprint density at radius 1 is 1.03 bits per heavy atom. The van der Waals surface area contributed by atoms with Crippen molar-refractivity contribution in [3.8, 4) is 17.0 Å². The molecule has 12 heteroatoms. The molecule has 0 spiro atoms. The van der Waals surface area contributed by atoms with Gasteiger partial charge in [-0.25, -0.2) is 27.9 Å². The summed E-state index contributed by atoms with van der Waals surface area (Å²) >= 11 is 0. The first kappa shape index (κ1) is 25.4. The monoisotopic (exact) mass is 528 g/mol. The molecule has 0 bridgehead atoms. The summed E-state index contributed by atoms with van der Waals surface area (Å²) in [6.45, 7) is 5.00. The molecule has 2 aliphatic heterocycles. The molecule has 1 saturated heterocycles. The average molecular weight is 529 g/mol. The Labute approximate surface area is 217 Å². The zero-order valence-corrected chi connectivity index (χ0v) is 20.8. The van der Waals surface area contributed by atoms with E-state index >= 15 is 0 Å². The van der Waals surface area contributed by atoms with E-state index in [0.29, 0.717) is 49.8 Å². The van der Waals surface area contributed by atoms with E-state index < -0.39 is 23.5 Å². The van der Waals surface area contributed by atoms with E-state index in [9.17, 15) is 18.0 Å². The Morgan fingerprint density at radius 3 is 2.53 bits per heavy atom. The maximum absolute atomic E-state index is 14.9. The zero-order valence-electron chi connectivity index (χ0n) is 20.8. The number of nitrogens with zero attached hydrogens (tertiary/aromatic N) is 5. The fraction of sp³-hybridized carbons (Fsp3) is 0.346. The van der Waals surface area contributed by atoms with E-state index in [1.54, 1.807) is 23.1 Å². The van der Waals surface area contributed by atoms with Crippen LogP contribution in [0.15, 0.2) is 36.5 Å². The highest BCUT2D eigenvalue weighted by molar-refractivity contribution is 5.73. The molecule has 1 amide bonds. The van der Waals surface area contributed by atoms with Crippen LogP contribution in [-0.4, -0.2) is 71.9 Å². The van der Waals surface area contributed by atoms with Crippen LogP contribution in [-0.2, 0) is 0 Å². The van der Waals surface area contributed by atoms with Gasteiger partial charge in [-0.05, 0) is 36.8 Å². The lowest BCUT2D eigenvalue weighted by atomic mass is 10.1. The third-order valence-corrected chi connectivity index (χ3v) is 6.58. The number of hydrogen-bond donors (Lipinski definition) is 2. The molecule has 38 heavy (non-hydrogen) atoms. The van der Waals surface area contributed by atoms with Crippen LogP contribution in [0, 0.1) is 17.5 Å². The summed E-state index contributed by atoms with van der Waals surface area (Å²) in [6.07, 6.45) is 0.845. The maximum atomic E-state index is 14.9. The Balaban J connectivity index is 1.37. The van der Waals surface area contributed by atoms with Crippen molar-refractivity contribution in [2.45, 2.75) is 13.3 Å². The Hall–Kier alpha value is -4.22. The van der Waals surface area contributed by atoms with E-state index in [1.165, 1.54) is 17.0 Å². The highest BCUT2D eigenvalue weighted by atomic mass is 19.1. The molecule has 2 aliphatic rings. The van der Waals surface area contributed by atoms with Gasteiger partial charge in [-0.2, -0.15) is 0 Å². The summed E-state index contributed by atoms with van der Waals surface area (Å²) in [6, 6.07) is 7.32. The zero-order chi connectivity index (χ0) is 26.8. The van der Waals surface area contributed by atoms with Gasteiger partial charge in [0.15, 0.2) is 17.4 Å². The van der Waals surface area contributed by atoms with Crippen molar-refractivity contribution in [1.29, 1.82) is 0 Å². The van der Waals surface area contributed by atoms with Gasteiger partial charge >= 0.3 is 6.09 Å². The quantitative estimate of drug-likeness (QED) is 0.475. The van der Waals surface area contributed by atoms with Crippen molar-refractivity contribution in [1.82, 2.24) is 14.9 Å². The van der Waals surface area contributed by atoms with Crippen LogP contribution in [0.1, 0.15) is 13.3 Å². The number of rotatable bonds is 6. The molecule has 200 valence electrons. The molecule has 1 aromatic heterocycles. The van der Waals surface area contributed by atoms with Crippen LogP contribution in [0.25, 0.3) is 11.3 Å². The SMILES string of the molecule is CCCN1CCOc2c(F)cc(-c3nc(Nc4ccc(N5CCN(C(=O)O)CC5)c(F)c4)ncc3F)cc21. The number of benzene rings is 2. The van der Waals surface area contributed by atoms with Crippen molar-refractivity contribution in [2.24, 2.45) is 0 Å². The third kappa shape index (κ3) is 5.11. The lowest BCUT2D eigenvalue weighted by molar-refractivity contribution is 0.142. The van der Waals surface area contributed by atoms with Gasteiger partial charge in [-0.1, -0.05) is 6.92 Å². The van der Waals surface area contributed by atoms with Gasteiger partial charge in [0.25, 0.3) is 0 Å². The number of amides is 1. The maximum Gasteiger partial charge on any atom is 0.407 e. The number of nitrogens with one attached hydrogen (secondary N) is 1. The first-order valence-electron chi connectivity index (χ1n) is 12.4. The second-order valence-electron chi connectivity index (χ2n) is 9.08. The molecule has 9 nitrogen and oxygen atoms in total. The van der Waals surface area contributed by atoms with Crippen LogP contribution in [0.5, 0.6) is 5.75 Å². The molecule has 3 aromatic rings. The molecule has 0 atom stereocenters. The van der Waals surface area contributed by atoms with Crippen LogP contribution in [0.2, 0.25) is 0 Å². The summed E-state index contributed by atoms with van der Waals surface area (Å²) in [5.74, 6) is -1.68. The molecule has 0 saturated carbocycles. The van der Waals surface area contributed by atoms with Crippen LogP contribution in [0.4, 0.5) is 41.0 Å². The van der Waals surface area contributed by atoms with Crippen molar-refractivity contribution in [3.63, 3.8) is 0 Å². The summed E-state index contributed by atoms with van der Waals surface area (Å²) in [5, 5.41) is 12.0. The first-order valence-corrected chi connectivity index (χ1v) is 12.4. The molecule has 1 fully saturated rings. The van der Waals surface area contributed by atoms with Crippen LogP contribution < -0.4 is 19.9 Å².